The molecule has 0 spiro atoms. The summed E-state index contributed by atoms with van der Waals surface area (Å²) in [6, 6.07) is 13.6. The summed E-state index contributed by atoms with van der Waals surface area (Å²) < 4.78 is 2.27. The Morgan fingerprint density at radius 1 is 1.04 bits per heavy atom. The Labute approximate surface area is 143 Å². The van der Waals surface area contributed by atoms with Gasteiger partial charge in [0, 0.05) is 12.6 Å². The Hall–Kier alpha value is -2.86. The lowest BCUT2D eigenvalue weighted by Crippen LogP contribution is -2.31. The average Bonchev–Trinajstić information content (AvgIpc) is 2.86. The number of hydrogen-bond donors (Lipinski definition) is 0. The van der Waals surface area contributed by atoms with E-state index in [1.54, 1.807) is 48.5 Å². The van der Waals surface area contributed by atoms with Gasteiger partial charge >= 0.3 is 0 Å². The fraction of sp³-hybridized carbons (Fsp3) is 0.0556. The molecule has 0 aromatic heterocycles. The number of carbonyl (C=O) groups excluding carboxylic acids is 3. The third-order valence-corrected chi connectivity index (χ3v) is 4.56. The van der Waals surface area contributed by atoms with Crippen molar-refractivity contribution in [1.29, 1.82) is 0 Å². The molecule has 2 aromatic carbocycles. The molecule has 3 amide bonds. The van der Waals surface area contributed by atoms with Crippen LogP contribution in [-0.4, -0.2) is 33.4 Å². The highest BCUT2D eigenvalue weighted by molar-refractivity contribution is 7.96. The first-order valence-electron chi connectivity index (χ1n) is 7.20. The van der Waals surface area contributed by atoms with Gasteiger partial charge in [-0.15, -0.1) is 0 Å². The summed E-state index contributed by atoms with van der Waals surface area (Å²) in [4.78, 5) is 37.3. The highest BCUT2D eigenvalue weighted by atomic mass is 32.2. The minimum atomic E-state index is -0.419. The molecule has 1 aliphatic heterocycles. The molecule has 6 heteroatoms. The van der Waals surface area contributed by atoms with Crippen LogP contribution in [0.25, 0.3) is 6.08 Å². The van der Waals surface area contributed by atoms with E-state index in [0.29, 0.717) is 22.3 Å². The Morgan fingerprint density at radius 3 is 2.17 bits per heavy atom. The number of amides is 3. The number of hydrogen-bond acceptors (Lipinski definition) is 4. The number of nitrogens with zero attached hydrogens (tertiary/aromatic N) is 2. The van der Waals surface area contributed by atoms with E-state index in [4.69, 9.17) is 0 Å². The molecule has 0 fully saturated rings. The molecule has 1 heterocycles. The molecule has 0 radical (unpaired) electrons. The van der Waals surface area contributed by atoms with Crippen LogP contribution in [0.3, 0.4) is 0 Å². The van der Waals surface area contributed by atoms with Crippen LogP contribution in [0.15, 0.2) is 55.1 Å². The second-order valence-electron chi connectivity index (χ2n) is 5.13. The van der Waals surface area contributed by atoms with Crippen molar-refractivity contribution in [3.05, 3.63) is 77.4 Å². The summed E-state index contributed by atoms with van der Waals surface area (Å²) in [6.45, 7) is 3.69. The van der Waals surface area contributed by atoms with Crippen molar-refractivity contribution in [2.75, 3.05) is 7.05 Å². The van der Waals surface area contributed by atoms with Gasteiger partial charge in [0.1, 0.15) is 0 Å². The minimum absolute atomic E-state index is 0.313. The Kier molecular flexibility index (Phi) is 4.22. The van der Waals surface area contributed by atoms with Gasteiger partial charge in [0.2, 0.25) is 0 Å². The maximum Gasteiger partial charge on any atom is 0.273 e. The summed E-state index contributed by atoms with van der Waals surface area (Å²) in [5.41, 5.74) is 1.85. The van der Waals surface area contributed by atoms with Crippen LogP contribution in [0.4, 0.5) is 0 Å². The predicted molar refractivity (Wildman–Crippen MR) is 93.2 cm³/mol. The van der Waals surface area contributed by atoms with Crippen molar-refractivity contribution in [1.82, 2.24) is 8.61 Å². The monoisotopic (exact) mass is 338 g/mol. The highest BCUT2D eigenvalue weighted by Gasteiger charge is 2.37. The molecule has 0 saturated carbocycles. The van der Waals surface area contributed by atoms with Crippen molar-refractivity contribution < 1.29 is 14.4 Å². The number of fused-ring (bicyclic) bond motifs is 1. The molecule has 120 valence electrons. The number of rotatable bonds is 4. The average molecular weight is 338 g/mol. The van der Waals surface area contributed by atoms with E-state index in [0.717, 1.165) is 16.4 Å². The molecular weight excluding hydrogens is 324 g/mol. The first-order valence-corrected chi connectivity index (χ1v) is 7.93. The van der Waals surface area contributed by atoms with Crippen LogP contribution in [0.2, 0.25) is 0 Å². The van der Waals surface area contributed by atoms with Crippen molar-refractivity contribution in [2.45, 2.75) is 0 Å². The van der Waals surface area contributed by atoms with Gasteiger partial charge in [0.25, 0.3) is 17.7 Å². The SMILES string of the molecule is C=Cc1ccccc1C(=O)N(C)SN1C(=O)c2ccccc2C1=O. The van der Waals surface area contributed by atoms with E-state index in [2.05, 4.69) is 6.58 Å². The minimum Gasteiger partial charge on any atom is -0.268 e. The van der Waals surface area contributed by atoms with E-state index in [-0.39, 0.29) is 5.91 Å². The van der Waals surface area contributed by atoms with E-state index < -0.39 is 11.8 Å². The number of benzene rings is 2. The second-order valence-corrected chi connectivity index (χ2v) is 6.20. The molecule has 0 atom stereocenters. The van der Waals surface area contributed by atoms with Gasteiger partial charge in [-0.2, -0.15) is 4.31 Å². The van der Waals surface area contributed by atoms with Crippen molar-refractivity contribution in [3.8, 4) is 0 Å². The first-order chi connectivity index (χ1) is 11.5. The molecule has 0 saturated heterocycles. The largest absolute Gasteiger partial charge is 0.273 e. The summed E-state index contributed by atoms with van der Waals surface area (Å²) >= 11 is 0.786. The normalized spacial score (nSPS) is 13.0. The van der Waals surface area contributed by atoms with Crippen LogP contribution in [0.1, 0.15) is 36.6 Å². The number of carbonyl (C=O) groups is 3. The Balaban J connectivity index is 1.82. The lowest BCUT2D eigenvalue weighted by atomic mass is 10.1. The smallest absolute Gasteiger partial charge is 0.268 e. The van der Waals surface area contributed by atoms with Gasteiger partial charge < -0.3 is 0 Å². The molecule has 3 rings (SSSR count). The summed E-state index contributed by atoms with van der Waals surface area (Å²) in [5, 5.41) is 0. The van der Waals surface area contributed by atoms with Crippen LogP contribution in [0.5, 0.6) is 0 Å². The van der Waals surface area contributed by atoms with Crippen LogP contribution in [-0.2, 0) is 0 Å². The Morgan fingerprint density at radius 2 is 1.58 bits per heavy atom. The van der Waals surface area contributed by atoms with Crippen molar-refractivity contribution >= 4 is 35.9 Å². The van der Waals surface area contributed by atoms with Crippen molar-refractivity contribution in [2.24, 2.45) is 0 Å². The van der Waals surface area contributed by atoms with E-state index >= 15 is 0 Å². The standard InChI is InChI=1S/C18H14N2O3S/c1-3-12-8-4-5-9-13(12)16(21)19(2)24-20-17(22)14-10-6-7-11-15(14)18(20)23/h3-11H,1H2,2H3. The molecule has 0 unspecified atom stereocenters. The van der Waals surface area contributed by atoms with Crippen molar-refractivity contribution in [3.63, 3.8) is 0 Å². The van der Waals surface area contributed by atoms with E-state index in [9.17, 15) is 14.4 Å². The lowest BCUT2D eigenvalue weighted by molar-refractivity contribution is 0.0771. The topological polar surface area (TPSA) is 57.7 Å². The molecule has 0 bridgehead atoms. The van der Waals surface area contributed by atoms with Gasteiger partial charge in [0.05, 0.1) is 23.3 Å². The molecular formula is C18H14N2O3S. The lowest BCUT2D eigenvalue weighted by Gasteiger charge is -2.21. The summed E-state index contributed by atoms with van der Waals surface area (Å²) in [6.07, 6.45) is 1.59. The molecule has 0 aliphatic carbocycles. The molecule has 2 aromatic rings. The predicted octanol–water partition coefficient (Wildman–Crippen LogP) is 3.26. The van der Waals surface area contributed by atoms with Gasteiger partial charge in [-0.1, -0.05) is 43.0 Å². The highest BCUT2D eigenvalue weighted by Crippen LogP contribution is 2.30. The quantitative estimate of drug-likeness (QED) is 0.634. The van der Waals surface area contributed by atoms with E-state index in [1.165, 1.54) is 11.4 Å². The van der Waals surface area contributed by atoms with Crippen LogP contribution in [0, 0.1) is 0 Å². The fourth-order valence-electron chi connectivity index (χ4n) is 2.44. The zero-order chi connectivity index (χ0) is 17.3. The Bertz CT molecular complexity index is 828. The van der Waals surface area contributed by atoms with Gasteiger partial charge in [-0.05, 0) is 23.8 Å². The van der Waals surface area contributed by atoms with Crippen LogP contribution < -0.4 is 0 Å². The first kappa shape index (κ1) is 16.0. The third kappa shape index (κ3) is 2.61. The fourth-order valence-corrected chi connectivity index (χ4v) is 3.20. The van der Waals surface area contributed by atoms with Crippen LogP contribution >= 0.6 is 12.1 Å². The summed E-state index contributed by atoms with van der Waals surface area (Å²) in [7, 11) is 1.52. The second kappa shape index (κ2) is 6.33. The van der Waals surface area contributed by atoms with Gasteiger partial charge in [0.15, 0.2) is 0 Å². The maximum absolute atomic E-state index is 12.6. The van der Waals surface area contributed by atoms with Gasteiger partial charge in [-0.3, -0.25) is 18.7 Å². The molecule has 0 N–H and O–H groups in total. The van der Waals surface area contributed by atoms with Gasteiger partial charge in [-0.25, -0.2) is 0 Å². The molecule has 24 heavy (non-hydrogen) atoms. The zero-order valence-electron chi connectivity index (χ0n) is 12.9. The molecule has 5 nitrogen and oxygen atoms in total. The zero-order valence-corrected chi connectivity index (χ0v) is 13.7. The van der Waals surface area contributed by atoms with E-state index in [1.807, 2.05) is 6.07 Å². The number of imide groups is 1. The molecule has 1 aliphatic rings. The third-order valence-electron chi connectivity index (χ3n) is 3.66. The maximum atomic E-state index is 12.6. The summed E-state index contributed by atoms with van der Waals surface area (Å²) in [5.74, 6) is -1.15.